The summed E-state index contributed by atoms with van der Waals surface area (Å²) in [5.74, 6) is 0.901. The monoisotopic (exact) mass is 410 g/mol. The molecule has 0 fully saturated rings. The molecule has 0 saturated carbocycles. The van der Waals surface area contributed by atoms with Gasteiger partial charge in [0.2, 0.25) is 0 Å². The first-order chi connectivity index (χ1) is 15.8. The average Bonchev–Trinajstić information content (AvgIpc) is 2.87. The smallest absolute Gasteiger partial charge is 0.171 e. The van der Waals surface area contributed by atoms with Crippen molar-refractivity contribution in [1.29, 1.82) is 0 Å². The fraction of sp³-hybridized carbons (Fsp3) is 0.0323. The summed E-state index contributed by atoms with van der Waals surface area (Å²) in [5, 5.41) is 4.90. The van der Waals surface area contributed by atoms with Crippen molar-refractivity contribution in [3.63, 3.8) is 0 Å². The summed E-state index contributed by atoms with van der Waals surface area (Å²) in [6, 6.07) is 38.0. The van der Waals surface area contributed by atoms with Gasteiger partial charge in [-0.2, -0.15) is 0 Å². The lowest BCUT2D eigenvalue weighted by Crippen LogP contribution is -2.30. The summed E-state index contributed by atoms with van der Waals surface area (Å²) in [5.41, 5.74) is 2.74. The van der Waals surface area contributed by atoms with Gasteiger partial charge in [-0.25, -0.2) is 0 Å². The fourth-order valence-electron chi connectivity index (χ4n) is 4.61. The summed E-state index contributed by atoms with van der Waals surface area (Å²) in [4.78, 5) is 0. The summed E-state index contributed by atoms with van der Waals surface area (Å²) < 4.78 is 6.77. The quantitative estimate of drug-likeness (QED) is 0.293. The highest BCUT2D eigenvalue weighted by Crippen LogP contribution is 2.41. The van der Waals surface area contributed by atoms with Crippen molar-refractivity contribution in [2.75, 3.05) is 0 Å². The topological polar surface area (TPSA) is 9.23 Å². The van der Waals surface area contributed by atoms with E-state index in [1.54, 1.807) is 0 Å². The van der Waals surface area contributed by atoms with Gasteiger partial charge in [0.1, 0.15) is 5.75 Å². The third-order valence-corrected chi connectivity index (χ3v) is 6.27. The van der Waals surface area contributed by atoms with Crippen molar-refractivity contribution in [1.82, 2.24) is 0 Å². The Morgan fingerprint density at radius 2 is 1.28 bits per heavy atom. The summed E-state index contributed by atoms with van der Waals surface area (Å²) in [6.07, 6.45) is 8.75. The highest BCUT2D eigenvalue weighted by molar-refractivity contribution is 5.94. The van der Waals surface area contributed by atoms with Gasteiger partial charge in [-0.3, -0.25) is 0 Å². The molecule has 1 aliphatic rings. The lowest BCUT2D eigenvalue weighted by atomic mass is 9.88. The molecule has 1 heteroatoms. The SMILES string of the molecule is C(=CC1(c2ccccc2)C=Cc2c(ccc3ccccc23)O1)c1cccc2ccccc12. The van der Waals surface area contributed by atoms with E-state index in [0.717, 1.165) is 16.9 Å². The molecule has 1 atom stereocenters. The molecule has 0 bridgehead atoms. The highest BCUT2D eigenvalue weighted by Gasteiger charge is 2.32. The molecule has 0 saturated heterocycles. The predicted octanol–water partition coefficient (Wildman–Crippen LogP) is 8.01. The first-order valence-electron chi connectivity index (χ1n) is 10.9. The van der Waals surface area contributed by atoms with Crippen LogP contribution >= 0.6 is 0 Å². The van der Waals surface area contributed by atoms with Crippen LogP contribution in [0.15, 0.2) is 121 Å². The van der Waals surface area contributed by atoms with Crippen LogP contribution in [0.2, 0.25) is 0 Å². The van der Waals surface area contributed by atoms with Crippen molar-refractivity contribution in [3.05, 3.63) is 138 Å². The van der Waals surface area contributed by atoms with E-state index in [2.05, 4.69) is 127 Å². The average molecular weight is 411 g/mol. The van der Waals surface area contributed by atoms with Gasteiger partial charge in [-0.1, -0.05) is 109 Å². The van der Waals surface area contributed by atoms with Crippen LogP contribution in [0, 0.1) is 0 Å². The van der Waals surface area contributed by atoms with Gasteiger partial charge in [0.15, 0.2) is 5.60 Å². The zero-order chi connectivity index (χ0) is 21.4. The Morgan fingerprint density at radius 1 is 0.594 bits per heavy atom. The molecule has 1 heterocycles. The summed E-state index contributed by atoms with van der Waals surface area (Å²) >= 11 is 0. The minimum Gasteiger partial charge on any atom is -0.474 e. The number of rotatable bonds is 3. The van der Waals surface area contributed by atoms with Crippen LogP contribution in [-0.4, -0.2) is 0 Å². The zero-order valence-electron chi connectivity index (χ0n) is 17.6. The second-order valence-electron chi connectivity index (χ2n) is 8.19. The zero-order valence-corrected chi connectivity index (χ0v) is 17.6. The Balaban J connectivity index is 1.50. The lowest BCUT2D eigenvalue weighted by Gasteiger charge is -2.33. The Labute approximate surface area is 187 Å². The summed E-state index contributed by atoms with van der Waals surface area (Å²) in [7, 11) is 0. The van der Waals surface area contributed by atoms with Crippen molar-refractivity contribution < 1.29 is 4.74 Å². The van der Waals surface area contributed by atoms with E-state index in [0.29, 0.717) is 0 Å². The van der Waals surface area contributed by atoms with Gasteiger partial charge < -0.3 is 4.74 Å². The van der Waals surface area contributed by atoms with Crippen LogP contribution in [0.25, 0.3) is 33.7 Å². The van der Waals surface area contributed by atoms with E-state index >= 15 is 0 Å². The molecule has 0 aromatic heterocycles. The van der Waals surface area contributed by atoms with Gasteiger partial charge in [0.05, 0.1) is 0 Å². The molecule has 0 N–H and O–H groups in total. The molecule has 0 amide bonds. The van der Waals surface area contributed by atoms with Crippen LogP contribution in [0.5, 0.6) is 5.75 Å². The molecular formula is C31H22O. The van der Waals surface area contributed by atoms with Crippen LogP contribution in [0.4, 0.5) is 0 Å². The van der Waals surface area contributed by atoms with Crippen LogP contribution in [-0.2, 0) is 5.60 Å². The van der Waals surface area contributed by atoms with Gasteiger partial charge >= 0.3 is 0 Å². The fourth-order valence-corrected chi connectivity index (χ4v) is 4.61. The van der Waals surface area contributed by atoms with E-state index in [9.17, 15) is 0 Å². The maximum Gasteiger partial charge on any atom is 0.171 e. The molecule has 152 valence electrons. The molecule has 0 aliphatic carbocycles. The van der Waals surface area contributed by atoms with E-state index in [4.69, 9.17) is 4.74 Å². The normalized spacial score (nSPS) is 17.5. The largest absolute Gasteiger partial charge is 0.474 e. The predicted molar refractivity (Wildman–Crippen MR) is 135 cm³/mol. The van der Waals surface area contributed by atoms with Gasteiger partial charge in [0, 0.05) is 11.1 Å². The van der Waals surface area contributed by atoms with E-state index in [1.165, 1.54) is 27.1 Å². The van der Waals surface area contributed by atoms with Gasteiger partial charge in [-0.15, -0.1) is 0 Å². The Kier molecular flexibility index (Phi) is 4.40. The number of hydrogen-bond donors (Lipinski definition) is 0. The summed E-state index contributed by atoms with van der Waals surface area (Å²) in [6.45, 7) is 0. The molecule has 1 unspecified atom stereocenters. The van der Waals surface area contributed by atoms with Crippen molar-refractivity contribution in [2.24, 2.45) is 0 Å². The van der Waals surface area contributed by atoms with E-state index < -0.39 is 5.60 Å². The van der Waals surface area contributed by atoms with Crippen LogP contribution in [0.1, 0.15) is 16.7 Å². The maximum absolute atomic E-state index is 6.77. The molecule has 1 nitrogen and oxygen atoms in total. The third-order valence-electron chi connectivity index (χ3n) is 6.27. The highest BCUT2D eigenvalue weighted by atomic mass is 16.5. The van der Waals surface area contributed by atoms with E-state index in [1.807, 2.05) is 6.07 Å². The molecule has 0 radical (unpaired) electrons. The lowest BCUT2D eigenvalue weighted by molar-refractivity contribution is 0.171. The number of benzene rings is 5. The first-order valence-corrected chi connectivity index (χ1v) is 10.9. The second-order valence-corrected chi connectivity index (χ2v) is 8.19. The second kappa shape index (κ2) is 7.55. The van der Waals surface area contributed by atoms with Crippen molar-refractivity contribution in [2.45, 2.75) is 5.60 Å². The Morgan fingerprint density at radius 3 is 2.12 bits per heavy atom. The first kappa shape index (κ1) is 18.7. The molecule has 5 aromatic rings. The van der Waals surface area contributed by atoms with Gasteiger partial charge in [0.25, 0.3) is 0 Å². The maximum atomic E-state index is 6.77. The molecule has 0 spiro atoms. The number of fused-ring (bicyclic) bond motifs is 4. The minimum absolute atomic E-state index is 0.673. The van der Waals surface area contributed by atoms with Crippen molar-refractivity contribution in [3.8, 4) is 5.75 Å². The number of ether oxygens (including phenoxy) is 1. The van der Waals surface area contributed by atoms with Crippen molar-refractivity contribution >= 4 is 33.7 Å². The molecule has 5 aromatic carbocycles. The molecule has 1 aliphatic heterocycles. The number of hydrogen-bond acceptors (Lipinski definition) is 1. The van der Waals surface area contributed by atoms with Gasteiger partial charge in [-0.05, 0) is 51.4 Å². The van der Waals surface area contributed by atoms with E-state index in [-0.39, 0.29) is 0 Å². The molecular weight excluding hydrogens is 388 g/mol. The minimum atomic E-state index is -0.673. The molecule has 6 rings (SSSR count). The van der Waals surface area contributed by atoms with Crippen LogP contribution in [0.3, 0.4) is 0 Å². The molecule has 32 heavy (non-hydrogen) atoms. The Hall–Kier alpha value is -4.10. The standard InChI is InChI=1S/C31H22O/c1-2-13-26(14-3-1)31(21-19-25-12-8-11-23-9-4-6-15-27(23)25)22-20-29-28-16-7-5-10-24(28)17-18-30(29)32-31/h1-22H. The third kappa shape index (κ3) is 3.11. The van der Waals surface area contributed by atoms with Crippen LogP contribution < -0.4 is 4.74 Å². The Bertz CT molecular complexity index is 1490.